The topological polar surface area (TPSA) is 93.2 Å². The Balaban J connectivity index is 3.57. The molecular weight excluding hydrogens is 236 g/mol. The first-order valence-corrected chi connectivity index (χ1v) is 4.35. The van der Waals surface area contributed by atoms with Gasteiger partial charge in [-0.25, -0.2) is 0 Å². The number of nitrogens with zero attached hydrogens (tertiary/aromatic N) is 2. The normalized spacial score (nSPS) is 9.31. The molecule has 0 N–H and O–H groups in total. The smallest absolute Gasteiger partial charge is 0.291 e. The van der Waals surface area contributed by atoms with Gasteiger partial charge in [0.1, 0.15) is 11.8 Å². The second-order valence-corrected chi connectivity index (χ2v) is 3.06. The van der Waals surface area contributed by atoms with E-state index in [-0.39, 0.29) is 16.9 Å². The molecule has 0 spiro atoms. The van der Waals surface area contributed by atoms with Crippen molar-refractivity contribution in [1.29, 1.82) is 5.26 Å². The second kappa shape index (κ2) is 4.59. The molecule has 6 nitrogen and oxygen atoms in total. The molecule has 0 heterocycles. The first-order valence-electron chi connectivity index (χ1n) is 3.97. The van der Waals surface area contributed by atoms with Crippen LogP contribution in [0.1, 0.15) is 15.9 Å². The standard InChI is InChI=1S/C9H5ClN2O4/c1-16-8-3-5(9(10)13)2-7(12(14)15)6(8)4-11/h2-3H,1H3. The molecule has 16 heavy (non-hydrogen) atoms. The van der Waals surface area contributed by atoms with E-state index >= 15 is 0 Å². The maximum Gasteiger partial charge on any atom is 0.291 e. The fourth-order valence-corrected chi connectivity index (χ4v) is 1.24. The van der Waals surface area contributed by atoms with Gasteiger partial charge >= 0.3 is 0 Å². The van der Waals surface area contributed by atoms with Gasteiger partial charge in [0.15, 0.2) is 5.56 Å². The summed E-state index contributed by atoms with van der Waals surface area (Å²) >= 11 is 5.20. The van der Waals surface area contributed by atoms with E-state index in [0.29, 0.717) is 0 Å². The first kappa shape index (κ1) is 11.9. The number of carbonyl (C=O) groups is 1. The molecule has 1 aromatic carbocycles. The maximum atomic E-state index is 10.9. The van der Waals surface area contributed by atoms with Crippen LogP contribution in [0, 0.1) is 21.4 Å². The quantitative estimate of drug-likeness (QED) is 0.457. The highest BCUT2D eigenvalue weighted by molar-refractivity contribution is 6.67. The molecule has 0 atom stereocenters. The van der Waals surface area contributed by atoms with Crippen molar-refractivity contribution in [2.75, 3.05) is 7.11 Å². The van der Waals surface area contributed by atoms with Crippen LogP contribution in [0.5, 0.6) is 5.75 Å². The molecule has 0 aromatic heterocycles. The monoisotopic (exact) mass is 240 g/mol. The van der Waals surface area contributed by atoms with E-state index in [0.717, 1.165) is 6.07 Å². The number of methoxy groups -OCH3 is 1. The molecule has 7 heteroatoms. The van der Waals surface area contributed by atoms with Gasteiger partial charge in [0.05, 0.1) is 12.0 Å². The van der Waals surface area contributed by atoms with Crippen LogP contribution >= 0.6 is 11.6 Å². The number of ether oxygens (including phenoxy) is 1. The molecule has 0 fully saturated rings. The van der Waals surface area contributed by atoms with Gasteiger partial charge in [-0.1, -0.05) is 0 Å². The summed E-state index contributed by atoms with van der Waals surface area (Å²) in [6.45, 7) is 0. The van der Waals surface area contributed by atoms with Gasteiger partial charge in [-0.2, -0.15) is 5.26 Å². The molecule has 1 rings (SSSR count). The minimum absolute atomic E-state index is 0.0549. The lowest BCUT2D eigenvalue weighted by Gasteiger charge is -2.04. The number of hydrogen-bond donors (Lipinski definition) is 0. The fraction of sp³-hybridized carbons (Fsp3) is 0.111. The van der Waals surface area contributed by atoms with Crippen molar-refractivity contribution in [3.63, 3.8) is 0 Å². The third-order valence-electron chi connectivity index (χ3n) is 1.84. The predicted molar refractivity (Wildman–Crippen MR) is 54.5 cm³/mol. The summed E-state index contributed by atoms with van der Waals surface area (Å²) in [6, 6.07) is 3.76. The number of halogens is 1. The number of hydrogen-bond acceptors (Lipinski definition) is 5. The number of carbonyl (C=O) groups excluding carboxylic acids is 1. The third-order valence-corrected chi connectivity index (χ3v) is 2.05. The molecule has 0 aliphatic carbocycles. The SMILES string of the molecule is COc1cc(C(=O)Cl)cc([N+](=O)[O-])c1C#N. The molecule has 0 aliphatic heterocycles. The van der Waals surface area contributed by atoms with Crippen LogP contribution in [-0.2, 0) is 0 Å². The molecular formula is C9H5ClN2O4. The van der Waals surface area contributed by atoms with Gasteiger partial charge in [0, 0.05) is 11.6 Å². The summed E-state index contributed by atoms with van der Waals surface area (Å²) in [4.78, 5) is 20.8. The van der Waals surface area contributed by atoms with Gasteiger partial charge in [-0.05, 0) is 17.7 Å². The van der Waals surface area contributed by atoms with Crippen molar-refractivity contribution in [3.8, 4) is 11.8 Å². The summed E-state index contributed by atoms with van der Waals surface area (Å²) < 4.78 is 4.78. The summed E-state index contributed by atoms with van der Waals surface area (Å²) in [6.07, 6.45) is 0. The molecule has 82 valence electrons. The lowest BCUT2D eigenvalue weighted by molar-refractivity contribution is -0.385. The molecule has 0 bridgehead atoms. The van der Waals surface area contributed by atoms with Gasteiger partial charge in [-0.3, -0.25) is 14.9 Å². The molecule has 0 saturated heterocycles. The second-order valence-electron chi connectivity index (χ2n) is 2.72. The van der Waals surface area contributed by atoms with Crippen molar-refractivity contribution in [3.05, 3.63) is 33.4 Å². The Bertz CT molecular complexity index is 507. The van der Waals surface area contributed by atoms with Crippen LogP contribution in [0.3, 0.4) is 0 Å². The summed E-state index contributed by atoms with van der Waals surface area (Å²) in [7, 11) is 1.24. The van der Waals surface area contributed by atoms with E-state index in [2.05, 4.69) is 0 Å². The number of nitro benzene ring substituents is 1. The van der Waals surface area contributed by atoms with Crippen molar-refractivity contribution in [2.45, 2.75) is 0 Å². The van der Waals surface area contributed by atoms with Crippen LogP contribution < -0.4 is 4.74 Å². The Morgan fingerprint density at radius 2 is 2.25 bits per heavy atom. The van der Waals surface area contributed by atoms with Crippen molar-refractivity contribution in [2.24, 2.45) is 0 Å². The van der Waals surface area contributed by atoms with E-state index in [1.54, 1.807) is 6.07 Å². The van der Waals surface area contributed by atoms with Crippen LogP contribution in [0.4, 0.5) is 5.69 Å². The average molecular weight is 241 g/mol. The maximum absolute atomic E-state index is 10.9. The van der Waals surface area contributed by atoms with E-state index in [1.165, 1.54) is 13.2 Å². The number of nitriles is 1. The summed E-state index contributed by atoms with van der Waals surface area (Å²) in [5.41, 5.74) is -0.843. The molecule has 0 saturated carbocycles. The Kier molecular flexibility index (Phi) is 3.43. The molecule has 0 unspecified atom stereocenters. The van der Waals surface area contributed by atoms with Gasteiger partial charge in [0.2, 0.25) is 0 Å². The van der Waals surface area contributed by atoms with Gasteiger partial charge < -0.3 is 4.74 Å². The third kappa shape index (κ3) is 2.10. The highest BCUT2D eigenvalue weighted by Gasteiger charge is 2.22. The first-order chi connectivity index (χ1) is 7.51. The van der Waals surface area contributed by atoms with E-state index in [1.807, 2.05) is 0 Å². The van der Waals surface area contributed by atoms with Crippen LogP contribution in [-0.4, -0.2) is 17.3 Å². The Labute approximate surface area is 95.2 Å². The Hall–Kier alpha value is -2.13. The Morgan fingerprint density at radius 1 is 1.62 bits per heavy atom. The number of nitro groups is 1. The van der Waals surface area contributed by atoms with Gasteiger partial charge in [-0.15, -0.1) is 0 Å². The van der Waals surface area contributed by atoms with Crippen molar-refractivity contribution < 1.29 is 14.5 Å². The molecule has 0 aliphatic rings. The lowest BCUT2D eigenvalue weighted by Crippen LogP contribution is -2.00. The minimum Gasteiger partial charge on any atom is -0.495 e. The Morgan fingerprint density at radius 3 is 2.62 bits per heavy atom. The van der Waals surface area contributed by atoms with E-state index < -0.39 is 15.9 Å². The fourth-order valence-electron chi connectivity index (χ4n) is 1.13. The molecule has 0 amide bonds. The number of benzene rings is 1. The van der Waals surface area contributed by atoms with Crippen LogP contribution in [0.25, 0.3) is 0 Å². The van der Waals surface area contributed by atoms with Crippen molar-refractivity contribution in [1.82, 2.24) is 0 Å². The predicted octanol–water partition coefficient (Wildman–Crippen LogP) is 1.85. The zero-order valence-corrected chi connectivity index (χ0v) is 8.82. The van der Waals surface area contributed by atoms with Crippen LogP contribution in [0.2, 0.25) is 0 Å². The molecule has 0 radical (unpaired) electrons. The van der Waals surface area contributed by atoms with Crippen molar-refractivity contribution >= 4 is 22.5 Å². The average Bonchev–Trinajstić information content (AvgIpc) is 2.26. The highest BCUT2D eigenvalue weighted by atomic mass is 35.5. The summed E-state index contributed by atoms with van der Waals surface area (Å²) in [5.74, 6) is -0.0549. The van der Waals surface area contributed by atoms with E-state index in [4.69, 9.17) is 21.6 Å². The van der Waals surface area contributed by atoms with E-state index in [9.17, 15) is 14.9 Å². The zero-order chi connectivity index (χ0) is 12.3. The summed E-state index contributed by atoms with van der Waals surface area (Å²) in [5, 5.41) is 18.6. The van der Waals surface area contributed by atoms with Gasteiger partial charge in [0.25, 0.3) is 10.9 Å². The highest BCUT2D eigenvalue weighted by Crippen LogP contribution is 2.30. The zero-order valence-electron chi connectivity index (χ0n) is 8.06. The largest absolute Gasteiger partial charge is 0.495 e. The lowest BCUT2D eigenvalue weighted by atomic mass is 10.1. The molecule has 1 aromatic rings. The van der Waals surface area contributed by atoms with Crippen LogP contribution in [0.15, 0.2) is 12.1 Å². The minimum atomic E-state index is -0.856. The number of rotatable bonds is 3.